The molecule has 0 bridgehead atoms. The first-order chi connectivity index (χ1) is 35.5. The average molecular weight is 1030 g/mol. The number of aryl methyl sites for hydroxylation is 1. The Hall–Kier alpha value is -6.59. The van der Waals surface area contributed by atoms with Crippen LogP contribution in [0, 0.1) is 5.92 Å². The molecule has 1 saturated heterocycles. The lowest BCUT2D eigenvalue weighted by Crippen LogP contribution is -2.56. The summed E-state index contributed by atoms with van der Waals surface area (Å²) in [5.74, 6) is -1.09. The minimum Gasteiger partial charge on any atom is -0.481 e. The number of nitrogens with one attached hydrogen (secondary N) is 3. The normalized spacial score (nSPS) is 14.6. The van der Waals surface area contributed by atoms with Crippen molar-refractivity contribution in [3.8, 4) is 22.8 Å². The molecule has 16 nitrogen and oxygen atoms in total. The van der Waals surface area contributed by atoms with Gasteiger partial charge in [-0.2, -0.15) is 0 Å². The van der Waals surface area contributed by atoms with Crippen molar-refractivity contribution in [1.82, 2.24) is 40.2 Å². The summed E-state index contributed by atoms with van der Waals surface area (Å²) in [6.45, 7) is 8.88. The number of hydrogen-bond acceptors (Lipinski definition) is 10. The monoisotopic (exact) mass is 1030 g/mol. The molecule has 4 N–H and O–H groups in total. The molecule has 74 heavy (non-hydrogen) atoms. The molecule has 6 rings (SSSR count). The molecule has 0 saturated carbocycles. The molecule has 1 fully saturated rings. The van der Waals surface area contributed by atoms with Gasteiger partial charge in [0.05, 0.1) is 43.4 Å². The van der Waals surface area contributed by atoms with E-state index >= 15 is 0 Å². The van der Waals surface area contributed by atoms with E-state index in [0.29, 0.717) is 23.1 Å². The van der Waals surface area contributed by atoms with Crippen LogP contribution in [0.4, 0.5) is 0 Å². The molecule has 5 aromatic rings. The highest BCUT2D eigenvalue weighted by atomic mass is 35.5. The summed E-state index contributed by atoms with van der Waals surface area (Å²) in [4.78, 5) is 77.3. The first-order valence-corrected chi connectivity index (χ1v) is 25.9. The van der Waals surface area contributed by atoms with Crippen molar-refractivity contribution in [2.45, 2.75) is 103 Å². The van der Waals surface area contributed by atoms with Crippen LogP contribution in [0.1, 0.15) is 74.5 Å². The number of halogens is 1. The Morgan fingerprint density at radius 2 is 1.51 bits per heavy atom. The van der Waals surface area contributed by atoms with E-state index in [1.165, 1.54) is 29.8 Å². The third kappa shape index (κ3) is 16.2. The maximum Gasteiger partial charge on any atom is 0.304 e. The highest BCUT2D eigenvalue weighted by molar-refractivity contribution is 6.30. The third-order valence-corrected chi connectivity index (χ3v) is 14.2. The summed E-state index contributed by atoms with van der Waals surface area (Å²) in [6, 6.07) is 27.4. The molecular formula is C57H73ClN8O8. The number of carboxylic acids is 1. The lowest BCUT2D eigenvalue weighted by molar-refractivity contribution is -0.144. The van der Waals surface area contributed by atoms with Crippen molar-refractivity contribution in [3.63, 3.8) is 0 Å². The first kappa shape index (κ1) is 56.7. The molecule has 0 unspecified atom stereocenters. The molecule has 2 heterocycles. The van der Waals surface area contributed by atoms with E-state index in [9.17, 15) is 29.1 Å². The Morgan fingerprint density at radius 3 is 2.18 bits per heavy atom. The number of hydrogen-bond donors (Lipinski definition) is 4. The molecule has 4 amide bonds. The van der Waals surface area contributed by atoms with Gasteiger partial charge in [-0.25, -0.2) is 4.98 Å². The van der Waals surface area contributed by atoms with E-state index in [2.05, 4.69) is 39.4 Å². The van der Waals surface area contributed by atoms with E-state index in [0.717, 1.165) is 65.4 Å². The fourth-order valence-corrected chi connectivity index (χ4v) is 9.21. The van der Waals surface area contributed by atoms with Gasteiger partial charge in [0, 0.05) is 76.0 Å². The minimum absolute atomic E-state index is 0.0842. The Bertz CT molecular complexity index is 2640. The Balaban J connectivity index is 1.07. The van der Waals surface area contributed by atoms with Crippen LogP contribution in [0.3, 0.4) is 0 Å². The number of carboxylic acid groups (broad SMARTS) is 1. The number of carbonyl (C=O) groups is 5. The van der Waals surface area contributed by atoms with Gasteiger partial charge in [0.2, 0.25) is 23.6 Å². The van der Waals surface area contributed by atoms with Crippen molar-refractivity contribution in [3.05, 3.63) is 136 Å². The van der Waals surface area contributed by atoms with Crippen LogP contribution in [0.25, 0.3) is 11.3 Å². The van der Waals surface area contributed by atoms with E-state index in [-0.39, 0.29) is 50.6 Å². The molecule has 1 aliphatic rings. The van der Waals surface area contributed by atoms with E-state index in [4.69, 9.17) is 26.1 Å². The van der Waals surface area contributed by atoms with E-state index in [1.54, 1.807) is 40.1 Å². The standard InChI is InChI=1S/C57H73ClN8O8/c1-8-40-16-19-44(51(30-40)74-48-24-20-43(21-25-48)50-35-60-52(65(50)6)36-66-26-12-13-27-66)34-59-39(3)55(70)62-49(37-73-7)57(72)64(5)47(29-42-17-22-46(58)23-18-42)32-53(67)61-33-38(2)63(4)56(71)45(31-54(68)69)28-41-14-10-9-11-15-41/h9-11,14-25,30,35,38-39,45,47,49,59H,8,12-13,26-29,31-34,36-37H2,1-7H3,(H,61,67)(H,62,70)(H,68,69)/t38-,39-,45+,47-,49-/m0/s1. The molecule has 1 aromatic heterocycles. The number of methoxy groups -OCH3 is 1. The van der Waals surface area contributed by atoms with Crippen LogP contribution in [-0.2, 0) is 68.1 Å². The molecule has 17 heteroatoms. The lowest BCUT2D eigenvalue weighted by atomic mass is 9.94. The fraction of sp³-hybridized carbons (Fsp3) is 0.439. The van der Waals surface area contributed by atoms with Gasteiger partial charge < -0.3 is 44.9 Å². The van der Waals surface area contributed by atoms with Crippen LogP contribution in [0.5, 0.6) is 11.5 Å². The first-order valence-electron chi connectivity index (χ1n) is 25.5. The molecule has 396 valence electrons. The molecule has 0 radical (unpaired) electrons. The number of ether oxygens (including phenoxy) is 2. The smallest absolute Gasteiger partial charge is 0.304 e. The van der Waals surface area contributed by atoms with Gasteiger partial charge >= 0.3 is 5.97 Å². The van der Waals surface area contributed by atoms with Gasteiger partial charge in [-0.3, -0.25) is 28.9 Å². The van der Waals surface area contributed by atoms with Gasteiger partial charge in [-0.05, 0) is 118 Å². The van der Waals surface area contributed by atoms with Gasteiger partial charge in [0.1, 0.15) is 23.4 Å². The molecular weight excluding hydrogens is 960 g/mol. The zero-order valence-corrected chi connectivity index (χ0v) is 44.6. The maximum atomic E-state index is 14.4. The number of aliphatic carboxylic acids is 1. The van der Waals surface area contributed by atoms with Gasteiger partial charge in [-0.15, -0.1) is 0 Å². The number of benzene rings is 4. The van der Waals surface area contributed by atoms with Crippen LogP contribution in [-0.4, -0.2) is 131 Å². The Morgan fingerprint density at radius 1 is 0.838 bits per heavy atom. The van der Waals surface area contributed by atoms with Crippen LogP contribution in [0.15, 0.2) is 103 Å². The predicted molar refractivity (Wildman–Crippen MR) is 287 cm³/mol. The quantitative estimate of drug-likeness (QED) is 0.0422. The second kappa shape index (κ2) is 27.6. The van der Waals surface area contributed by atoms with E-state index < -0.39 is 47.9 Å². The number of nitrogens with zero attached hydrogens (tertiary/aromatic N) is 5. The number of aromatic nitrogens is 2. The number of carbonyl (C=O) groups excluding carboxylic acids is 4. The highest BCUT2D eigenvalue weighted by Gasteiger charge is 2.32. The number of amides is 4. The SMILES string of the molecule is CCc1ccc(CN[C@@H](C)C(=O)N[C@@H](COC)C(=O)N(C)[C@H](CC(=O)NC[C@H](C)N(C)C(=O)[C@@H](CC(=O)O)Cc2ccccc2)Cc2ccc(Cl)cc2)c(Oc2ccc(-c3cnc(CN4CCCC4)n3C)cc2)c1. The van der Waals surface area contributed by atoms with Crippen molar-refractivity contribution in [2.75, 3.05) is 47.4 Å². The average Bonchev–Trinajstić information content (AvgIpc) is 4.06. The summed E-state index contributed by atoms with van der Waals surface area (Å²) in [5.41, 5.74) is 5.69. The van der Waals surface area contributed by atoms with Gasteiger partial charge in [0.25, 0.3) is 0 Å². The fourth-order valence-electron chi connectivity index (χ4n) is 9.09. The van der Waals surface area contributed by atoms with Gasteiger partial charge in [-0.1, -0.05) is 73.1 Å². The van der Waals surface area contributed by atoms with Crippen molar-refractivity contribution < 1.29 is 38.6 Å². The number of likely N-dealkylation sites (N-methyl/N-ethyl adjacent to an activating group) is 2. The topological polar surface area (TPSA) is 188 Å². The maximum absolute atomic E-state index is 14.4. The summed E-state index contributed by atoms with van der Waals surface area (Å²) < 4.78 is 14.1. The number of likely N-dealkylation sites (tertiary alicyclic amines) is 1. The van der Waals surface area contributed by atoms with Crippen molar-refractivity contribution in [2.24, 2.45) is 13.0 Å². The predicted octanol–water partition coefficient (Wildman–Crippen LogP) is 7.06. The summed E-state index contributed by atoms with van der Waals surface area (Å²) >= 11 is 6.20. The summed E-state index contributed by atoms with van der Waals surface area (Å²) in [6.07, 6.45) is 5.31. The number of imidazole rings is 1. The minimum atomic E-state index is -1.08. The van der Waals surface area contributed by atoms with Crippen molar-refractivity contribution in [1.29, 1.82) is 0 Å². The van der Waals surface area contributed by atoms with E-state index in [1.807, 2.05) is 91.1 Å². The molecule has 4 aromatic carbocycles. The Labute approximate surface area is 440 Å². The summed E-state index contributed by atoms with van der Waals surface area (Å²) in [7, 11) is 6.69. The van der Waals surface area contributed by atoms with Crippen molar-refractivity contribution >= 4 is 41.2 Å². The Kier molecular flexibility index (Phi) is 21.2. The molecule has 1 aliphatic heterocycles. The lowest BCUT2D eigenvalue weighted by Gasteiger charge is -2.32. The van der Waals surface area contributed by atoms with Crippen LogP contribution >= 0.6 is 11.6 Å². The van der Waals surface area contributed by atoms with Crippen LogP contribution < -0.4 is 20.7 Å². The third-order valence-electron chi connectivity index (χ3n) is 13.9. The highest BCUT2D eigenvalue weighted by Crippen LogP contribution is 2.30. The van der Waals surface area contributed by atoms with Gasteiger partial charge in [0.15, 0.2) is 0 Å². The zero-order valence-electron chi connectivity index (χ0n) is 43.8. The largest absolute Gasteiger partial charge is 0.481 e. The molecule has 5 atom stereocenters. The second-order valence-corrected chi connectivity index (χ2v) is 19.8. The number of rotatable bonds is 27. The zero-order chi connectivity index (χ0) is 53.3. The molecule has 0 aliphatic carbocycles. The van der Waals surface area contributed by atoms with Crippen LogP contribution in [0.2, 0.25) is 5.02 Å². The summed E-state index contributed by atoms with van der Waals surface area (Å²) in [5, 5.41) is 19.2. The molecule has 0 spiro atoms. The second-order valence-electron chi connectivity index (χ2n) is 19.4.